The van der Waals surface area contributed by atoms with Gasteiger partial charge in [-0.25, -0.2) is 0 Å². The molecular formula is C26H25Cl2NO3. The van der Waals surface area contributed by atoms with Gasteiger partial charge in [0.2, 0.25) is 0 Å². The van der Waals surface area contributed by atoms with Crippen LogP contribution in [0, 0.1) is 0 Å². The maximum absolute atomic E-state index is 13.8. The van der Waals surface area contributed by atoms with E-state index >= 15 is 0 Å². The number of aliphatic hydroxyl groups is 1. The van der Waals surface area contributed by atoms with Gasteiger partial charge < -0.3 is 9.84 Å². The molecule has 166 valence electrons. The van der Waals surface area contributed by atoms with Crippen molar-refractivity contribution in [3.05, 3.63) is 105 Å². The van der Waals surface area contributed by atoms with Crippen molar-refractivity contribution in [3.8, 4) is 0 Å². The third-order valence-electron chi connectivity index (χ3n) is 5.92. The Kier molecular flexibility index (Phi) is 6.87. The number of amides is 1. The molecule has 0 fully saturated rings. The molecule has 0 aliphatic carbocycles. The zero-order valence-electron chi connectivity index (χ0n) is 17.8. The summed E-state index contributed by atoms with van der Waals surface area (Å²) in [5, 5.41) is 10.5. The van der Waals surface area contributed by atoms with Crippen LogP contribution in [0.2, 0.25) is 10.0 Å². The maximum Gasteiger partial charge on any atom is 0.257 e. The van der Waals surface area contributed by atoms with E-state index < -0.39 is 5.72 Å². The molecule has 1 amide bonds. The monoisotopic (exact) mass is 469 g/mol. The van der Waals surface area contributed by atoms with Gasteiger partial charge in [0, 0.05) is 33.3 Å². The molecular weight excluding hydrogens is 445 g/mol. The van der Waals surface area contributed by atoms with Crippen LogP contribution in [-0.4, -0.2) is 29.1 Å². The van der Waals surface area contributed by atoms with Crippen LogP contribution in [0.1, 0.15) is 52.9 Å². The quantitative estimate of drug-likeness (QED) is 0.399. The van der Waals surface area contributed by atoms with Gasteiger partial charge in [0.05, 0.1) is 12.6 Å². The molecule has 6 heteroatoms. The van der Waals surface area contributed by atoms with Crippen molar-refractivity contribution in [1.29, 1.82) is 0 Å². The number of aliphatic hydroxyl groups excluding tert-OH is 1. The van der Waals surface area contributed by atoms with E-state index in [4.69, 9.17) is 27.9 Å². The lowest BCUT2D eigenvalue weighted by molar-refractivity contribution is -0.122. The van der Waals surface area contributed by atoms with E-state index in [1.165, 1.54) is 0 Å². The minimum atomic E-state index is -1.12. The van der Waals surface area contributed by atoms with Crippen molar-refractivity contribution in [3.63, 3.8) is 0 Å². The van der Waals surface area contributed by atoms with Gasteiger partial charge in [0.1, 0.15) is 0 Å². The van der Waals surface area contributed by atoms with E-state index in [2.05, 4.69) is 0 Å². The van der Waals surface area contributed by atoms with Gasteiger partial charge in [-0.3, -0.25) is 9.69 Å². The van der Waals surface area contributed by atoms with Crippen LogP contribution in [0.3, 0.4) is 0 Å². The summed E-state index contributed by atoms with van der Waals surface area (Å²) >= 11 is 12.3. The van der Waals surface area contributed by atoms with Gasteiger partial charge in [-0.05, 0) is 55.7 Å². The van der Waals surface area contributed by atoms with E-state index in [1.807, 2.05) is 84.6 Å². The first-order valence-electron chi connectivity index (χ1n) is 10.7. The van der Waals surface area contributed by atoms with Crippen LogP contribution in [-0.2, 0) is 10.5 Å². The molecule has 2 atom stereocenters. The standard InChI is InChI=1S/C26H25Cl2NO3/c1-18(19-8-12-21(27)13-9-19)29-25(31)23-6-2-3-7-24(23)26(29,32-17-5-4-16-30)20-10-14-22(28)15-11-20/h2-3,6-15,18,30H,4-5,16-17H2,1H3/t18-,26?/m1/s1. The largest absolute Gasteiger partial charge is 0.396 e. The van der Waals surface area contributed by atoms with Crippen LogP contribution in [0.5, 0.6) is 0 Å². The Bertz CT molecular complexity index is 1080. The fourth-order valence-corrected chi connectivity index (χ4v) is 4.59. The Hall–Kier alpha value is -2.37. The lowest BCUT2D eigenvalue weighted by Crippen LogP contribution is -2.48. The second kappa shape index (κ2) is 9.63. The van der Waals surface area contributed by atoms with Gasteiger partial charge >= 0.3 is 0 Å². The number of hydrogen-bond donors (Lipinski definition) is 1. The lowest BCUT2D eigenvalue weighted by atomic mass is 9.92. The molecule has 0 spiro atoms. The molecule has 1 aliphatic heterocycles. The number of unbranched alkanes of at least 4 members (excludes halogenated alkanes) is 1. The summed E-state index contributed by atoms with van der Waals surface area (Å²) < 4.78 is 6.62. The third kappa shape index (κ3) is 4.04. The Balaban J connectivity index is 1.89. The summed E-state index contributed by atoms with van der Waals surface area (Å²) in [5.74, 6) is -0.0971. The minimum absolute atomic E-state index is 0.0950. The highest BCUT2D eigenvalue weighted by Crippen LogP contribution is 2.49. The first-order valence-corrected chi connectivity index (χ1v) is 11.4. The van der Waals surface area contributed by atoms with Crippen molar-refractivity contribution in [2.75, 3.05) is 13.2 Å². The first kappa shape index (κ1) is 22.8. The first-order chi connectivity index (χ1) is 15.5. The van der Waals surface area contributed by atoms with Crippen molar-refractivity contribution in [2.24, 2.45) is 0 Å². The average molecular weight is 470 g/mol. The van der Waals surface area contributed by atoms with E-state index in [-0.39, 0.29) is 18.6 Å². The van der Waals surface area contributed by atoms with Crippen molar-refractivity contribution in [1.82, 2.24) is 4.90 Å². The maximum atomic E-state index is 13.8. The summed E-state index contributed by atoms with van der Waals surface area (Å²) in [4.78, 5) is 15.6. The van der Waals surface area contributed by atoms with Gasteiger partial charge in [0.15, 0.2) is 5.72 Å². The van der Waals surface area contributed by atoms with Crippen LogP contribution in [0.25, 0.3) is 0 Å². The molecule has 1 unspecified atom stereocenters. The van der Waals surface area contributed by atoms with Crippen LogP contribution < -0.4 is 0 Å². The molecule has 3 aromatic rings. The Labute approximate surface area is 198 Å². The Morgan fingerprint density at radius 1 is 0.938 bits per heavy atom. The van der Waals surface area contributed by atoms with Crippen molar-refractivity contribution < 1.29 is 14.6 Å². The SMILES string of the molecule is C[C@H](c1ccc(Cl)cc1)N1C(=O)c2ccccc2C1(OCCCCO)c1ccc(Cl)cc1. The van der Waals surface area contributed by atoms with E-state index in [0.717, 1.165) is 16.7 Å². The van der Waals surface area contributed by atoms with Crippen LogP contribution in [0.15, 0.2) is 72.8 Å². The molecule has 0 aromatic heterocycles. The van der Waals surface area contributed by atoms with Gasteiger partial charge in [0.25, 0.3) is 5.91 Å². The molecule has 0 saturated carbocycles. The summed E-state index contributed by atoms with van der Waals surface area (Å²) in [6, 6.07) is 22.2. The zero-order valence-corrected chi connectivity index (χ0v) is 19.3. The second-order valence-corrected chi connectivity index (χ2v) is 8.75. The van der Waals surface area contributed by atoms with Crippen molar-refractivity contribution >= 4 is 29.1 Å². The number of benzene rings is 3. The predicted octanol–water partition coefficient (Wildman–Crippen LogP) is 6.20. The fraction of sp³-hybridized carbons (Fsp3) is 0.269. The van der Waals surface area contributed by atoms with E-state index in [9.17, 15) is 9.90 Å². The second-order valence-electron chi connectivity index (χ2n) is 7.88. The molecule has 0 saturated heterocycles. The highest BCUT2D eigenvalue weighted by molar-refractivity contribution is 6.30. The van der Waals surface area contributed by atoms with Crippen molar-refractivity contribution in [2.45, 2.75) is 31.5 Å². The number of ether oxygens (including phenoxy) is 1. The molecule has 1 aliphatic rings. The molecule has 1 N–H and O–H groups in total. The van der Waals surface area contributed by atoms with E-state index in [1.54, 1.807) is 0 Å². The number of hydrogen-bond acceptors (Lipinski definition) is 3. The van der Waals surface area contributed by atoms with Crippen LogP contribution in [0.4, 0.5) is 0 Å². The normalized spacial score (nSPS) is 18.6. The van der Waals surface area contributed by atoms with Gasteiger partial charge in [-0.2, -0.15) is 0 Å². The fourth-order valence-electron chi connectivity index (χ4n) is 4.34. The summed E-state index contributed by atoms with van der Waals surface area (Å²) in [7, 11) is 0. The number of nitrogens with zero attached hydrogens (tertiary/aromatic N) is 1. The van der Waals surface area contributed by atoms with Crippen LogP contribution >= 0.6 is 23.2 Å². The molecule has 1 heterocycles. The number of halogens is 2. The Morgan fingerprint density at radius 2 is 1.56 bits per heavy atom. The third-order valence-corrected chi connectivity index (χ3v) is 6.42. The number of carbonyl (C=O) groups excluding carboxylic acids is 1. The Morgan fingerprint density at radius 3 is 2.22 bits per heavy atom. The van der Waals surface area contributed by atoms with E-state index in [0.29, 0.717) is 35.1 Å². The van der Waals surface area contributed by atoms with Gasteiger partial charge in [-0.1, -0.05) is 65.7 Å². The summed E-state index contributed by atoms with van der Waals surface area (Å²) in [6.45, 7) is 2.47. The molecule has 0 bridgehead atoms. The average Bonchev–Trinajstić information content (AvgIpc) is 3.06. The molecule has 0 radical (unpaired) electrons. The zero-order chi connectivity index (χ0) is 22.7. The topological polar surface area (TPSA) is 49.8 Å². The smallest absolute Gasteiger partial charge is 0.257 e. The van der Waals surface area contributed by atoms with Gasteiger partial charge in [-0.15, -0.1) is 0 Å². The highest BCUT2D eigenvalue weighted by atomic mass is 35.5. The molecule has 3 aromatic carbocycles. The summed E-state index contributed by atoms with van der Waals surface area (Å²) in [5.41, 5.74) is 2.08. The number of fused-ring (bicyclic) bond motifs is 1. The molecule has 4 rings (SSSR count). The number of rotatable bonds is 8. The molecule has 32 heavy (non-hydrogen) atoms. The molecule has 4 nitrogen and oxygen atoms in total. The predicted molar refractivity (Wildman–Crippen MR) is 127 cm³/mol. The summed E-state index contributed by atoms with van der Waals surface area (Å²) in [6.07, 6.45) is 1.30. The highest BCUT2D eigenvalue weighted by Gasteiger charge is 2.54. The number of carbonyl (C=O) groups is 1. The minimum Gasteiger partial charge on any atom is -0.396 e. The lowest BCUT2D eigenvalue weighted by Gasteiger charge is -2.43.